The standard InChI is InChI=1S/C7H12O5S/c1-4-6(3)13(9,10)12-11-7(8)5-2/h5-6H,2,4H2,1,3H3. The van der Waals surface area contributed by atoms with Crippen LogP contribution in [0.5, 0.6) is 0 Å². The highest BCUT2D eigenvalue weighted by molar-refractivity contribution is 7.87. The Bertz CT molecular complexity index is 279. The van der Waals surface area contributed by atoms with Crippen molar-refractivity contribution in [3.63, 3.8) is 0 Å². The fraction of sp³-hybridized carbons (Fsp3) is 0.571. The number of hydrogen-bond donors (Lipinski definition) is 0. The molecule has 76 valence electrons. The Labute approximate surface area is 77.4 Å². The number of hydrogen-bond acceptors (Lipinski definition) is 5. The van der Waals surface area contributed by atoms with Crippen molar-refractivity contribution in [1.29, 1.82) is 0 Å². The van der Waals surface area contributed by atoms with Crippen molar-refractivity contribution >= 4 is 16.1 Å². The average Bonchev–Trinajstić information content (AvgIpc) is 2.12. The summed E-state index contributed by atoms with van der Waals surface area (Å²) in [4.78, 5) is 14.4. The van der Waals surface area contributed by atoms with Crippen molar-refractivity contribution in [3.05, 3.63) is 12.7 Å². The Morgan fingerprint density at radius 1 is 1.62 bits per heavy atom. The molecule has 0 saturated carbocycles. The molecule has 0 aliphatic heterocycles. The summed E-state index contributed by atoms with van der Waals surface area (Å²) in [6, 6.07) is 0. The third kappa shape index (κ3) is 4.05. The third-order valence-corrected chi connectivity index (χ3v) is 3.02. The van der Waals surface area contributed by atoms with Gasteiger partial charge in [-0.05, 0) is 13.3 Å². The zero-order valence-corrected chi connectivity index (χ0v) is 8.33. The summed E-state index contributed by atoms with van der Waals surface area (Å²) >= 11 is 0. The first-order valence-electron chi connectivity index (χ1n) is 3.70. The second kappa shape index (κ2) is 4.98. The van der Waals surface area contributed by atoms with E-state index in [0.717, 1.165) is 6.08 Å². The van der Waals surface area contributed by atoms with E-state index in [2.05, 4.69) is 15.8 Å². The van der Waals surface area contributed by atoms with Crippen molar-refractivity contribution in [2.24, 2.45) is 0 Å². The van der Waals surface area contributed by atoms with Crippen LogP contribution < -0.4 is 0 Å². The molecule has 0 bridgehead atoms. The number of carbonyl (C=O) groups is 1. The summed E-state index contributed by atoms with van der Waals surface area (Å²) < 4.78 is 26.1. The first-order chi connectivity index (χ1) is 5.94. The lowest BCUT2D eigenvalue weighted by atomic mass is 10.4. The molecular weight excluding hydrogens is 196 g/mol. The van der Waals surface area contributed by atoms with Gasteiger partial charge in [0, 0.05) is 6.08 Å². The first kappa shape index (κ1) is 12.1. The molecule has 0 aromatic heterocycles. The second-order valence-corrected chi connectivity index (χ2v) is 4.31. The zero-order valence-electron chi connectivity index (χ0n) is 7.52. The number of carbonyl (C=O) groups excluding carboxylic acids is 1. The molecule has 0 heterocycles. The molecule has 0 amide bonds. The van der Waals surface area contributed by atoms with Gasteiger partial charge in [0.1, 0.15) is 0 Å². The van der Waals surface area contributed by atoms with Gasteiger partial charge in [-0.2, -0.15) is 8.42 Å². The summed E-state index contributed by atoms with van der Waals surface area (Å²) in [5, 5.41) is -0.704. The molecule has 1 atom stereocenters. The van der Waals surface area contributed by atoms with Crippen molar-refractivity contribution in [2.45, 2.75) is 25.5 Å². The molecule has 0 rings (SSSR count). The minimum atomic E-state index is -3.81. The fourth-order valence-electron chi connectivity index (χ4n) is 0.386. The Morgan fingerprint density at radius 3 is 2.54 bits per heavy atom. The van der Waals surface area contributed by atoms with Crippen LogP contribution in [0.3, 0.4) is 0 Å². The van der Waals surface area contributed by atoms with Crippen LogP contribution in [0.4, 0.5) is 0 Å². The van der Waals surface area contributed by atoms with Gasteiger partial charge in [-0.1, -0.05) is 17.8 Å². The Hall–Kier alpha value is -0.880. The molecule has 0 fully saturated rings. The number of rotatable bonds is 5. The van der Waals surface area contributed by atoms with Crippen molar-refractivity contribution in [2.75, 3.05) is 0 Å². The predicted molar refractivity (Wildman–Crippen MR) is 46.0 cm³/mol. The van der Waals surface area contributed by atoms with Crippen molar-refractivity contribution < 1.29 is 22.4 Å². The highest BCUT2D eigenvalue weighted by atomic mass is 32.2. The molecule has 0 aromatic carbocycles. The second-order valence-electron chi connectivity index (χ2n) is 2.39. The third-order valence-electron chi connectivity index (χ3n) is 1.45. The molecular formula is C7H12O5S. The lowest BCUT2D eigenvalue weighted by Crippen LogP contribution is -2.21. The van der Waals surface area contributed by atoms with Gasteiger partial charge in [0.25, 0.3) is 0 Å². The molecule has 0 aliphatic rings. The molecule has 0 saturated heterocycles. The minimum absolute atomic E-state index is 0.383. The highest BCUT2D eigenvalue weighted by Crippen LogP contribution is 2.07. The molecule has 5 nitrogen and oxygen atoms in total. The van der Waals surface area contributed by atoms with E-state index in [1.165, 1.54) is 6.92 Å². The maximum atomic E-state index is 11.0. The molecule has 0 aromatic rings. The van der Waals surface area contributed by atoms with Gasteiger partial charge in [0.05, 0.1) is 5.25 Å². The summed E-state index contributed by atoms with van der Waals surface area (Å²) in [6.07, 6.45) is 1.19. The predicted octanol–water partition coefficient (Wildman–Crippen LogP) is 0.775. The van der Waals surface area contributed by atoms with Crippen LogP contribution in [0.2, 0.25) is 0 Å². The monoisotopic (exact) mass is 208 g/mol. The lowest BCUT2D eigenvalue weighted by Gasteiger charge is -2.07. The zero-order chi connectivity index (χ0) is 10.5. The van der Waals surface area contributed by atoms with E-state index < -0.39 is 21.3 Å². The van der Waals surface area contributed by atoms with E-state index in [1.54, 1.807) is 6.92 Å². The van der Waals surface area contributed by atoms with Crippen LogP contribution in [0.1, 0.15) is 20.3 Å². The van der Waals surface area contributed by atoms with E-state index in [4.69, 9.17) is 0 Å². The Kier molecular flexibility index (Phi) is 4.64. The van der Waals surface area contributed by atoms with Crippen LogP contribution in [-0.4, -0.2) is 19.6 Å². The van der Waals surface area contributed by atoms with E-state index in [0.29, 0.717) is 6.42 Å². The van der Waals surface area contributed by atoms with Gasteiger partial charge in [-0.3, -0.25) is 4.89 Å². The van der Waals surface area contributed by atoms with Gasteiger partial charge < -0.3 is 0 Å². The summed E-state index contributed by atoms with van der Waals surface area (Å²) in [5.41, 5.74) is 0. The molecule has 0 N–H and O–H groups in total. The van der Waals surface area contributed by atoms with E-state index >= 15 is 0 Å². The quantitative estimate of drug-likeness (QED) is 0.379. The van der Waals surface area contributed by atoms with Gasteiger partial charge >= 0.3 is 16.1 Å². The summed E-state index contributed by atoms with van der Waals surface area (Å²) in [6.45, 7) is 6.21. The Morgan fingerprint density at radius 2 is 2.15 bits per heavy atom. The maximum Gasteiger partial charge on any atom is 0.366 e. The van der Waals surface area contributed by atoms with E-state index in [-0.39, 0.29) is 0 Å². The maximum absolute atomic E-state index is 11.0. The molecule has 0 spiro atoms. The van der Waals surface area contributed by atoms with Crippen LogP contribution >= 0.6 is 0 Å². The van der Waals surface area contributed by atoms with Gasteiger partial charge in [0.2, 0.25) is 0 Å². The van der Waals surface area contributed by atoms with Gasteiger partial charge in [-0.15, -0.1) is 0 Å². The summed E-state index contributed by atoms with van der Waals surface area (Å²) in [7, 11) is -3.81. The average molecular weight is 208 g/mol. The molecule has 1 unspecified atom stereocenters. The highest BCUT2D eigenvalue weighted by Gasteiger charge is 2.22. The van der Waals surface area contributed by atoms with Gasteiger partial charge in [-0.25, -0.2) is 4.79 Å². The Balaban J connectivity index is 4.20. The van der Waals surface area contributed by atoms with Crippen LogP contribution in [-0.2, 0) is 24.1 Å². The van der Waals surface area contributed by atoms with Crippen molar-refractivity contribution in [1.82, 2.24) is 0 Å². The van der Waals surface area contributed by atoms with E-state index in [9.17, 15) is 13.2 Å². The van der Waals surface area contributed by atoms with Crippen LogP contribution in [0.25, 0.3) is 0 Å². The topological polar surface area (TPSA) is 69.7 Å². The SMILES string of the molecule is C=CC(=O)OOS(=O)(=O)C(C)CC. The first-order valence-corrected chi connectivity index (χ1v) is 5.17. The van der Waals surface area contributed by atoms with Crippen LogP contribution in [0.15, 0.2) is 12.7 Å². The smallest absolute Gasteiger partial charge is 0.277 e. The van der Waals surface area contributed by atoms with Crippen molar-refractivity contribution in [3.8, 4) is 0 Å². The largest absolute Gasteiger partial charge is 0.366 e. The molecule has 13 heavy (non-hydrogen) atoms. The fourth-order valence-corrected chi connectivity index (χ4v) is 1.09. The van der Waals surface area contributed by atoms with Gasteiger partial charge in [0.15, 0.2) is 0 Å². The molecule has 6 heteroatoms. The molecule has 0 aliphatic carbocycles. The van der Waals surface area contributed by atoms with Crippen LogP contribution in [0, 0.1) is 0 Å². The summed E-state index contributed by atoms with van der Waals surface area (Å²) in [5.74, 6) is -0.938. The normalized spacial score (nSPS) is 13.4. The molecule has 0 radical (unpaired) electrons. The minimum Gasteiger partial charge on any atom is -0.277 e. The lowest BCUT2D eigenvalue weighted by molar-refractivity contribution is -0.204. The van der Waals surface area contributed by atoms with E-state index in [1.807, 2.05) is 0 Å².